The summed E-state index contributed by atoms with van der Waals surface area (Å²) in [5, 5.41) is 7.62. The topological polar surface area (TPSA) is 53.5 Å². The Labute approximate surface area is 157 Å². The summed E-state index contributed by atoms with van der Waals surface area (Å²) in [6, 6.07) is 27.9. The van der Waals surface area contributed by atoms with Crippen molar-refractivity contribution >= 4 is 34.5 Å². The number of carbonyl (C=O) groups excluding carboxylic acids is 1. The van der Waals surface area contributed by atoms with E-state index in [4.69, 9.17) is 12.2 Å². The highest BCUT2D eigenvalue weighted by molar-refractivity contribution is 7.80. The highest BCUT2D eigenvalue weighted by Crippen LogP contribution is 2.09. The molecule has 4 nitrogen and oxygen atoms in total. The molecule has 128 valence electrons. The fourth-order valence-corrected chi connectivity index (χ4v) is 2.52. The molecule has 0 atom stereocenters. The predicted molar refractivity (Wildman–Crippen MR) is 110 cm³/mol. The Morgan fingerprint density at radius 1 is 0.731 bits per heavy atom. The van der Waals surface area contributed by atoms with E-state index >= 15 is 0 Å². The third-order valence-electron chi connectivity index (χ3n) is 3.60. The summed E-state index contributed by atoms with van der Waals surface area (Å²) in [4.78, 5) is 12.9. The number of nitrogens with zero attached hydrogens (tertiary/aromatic N) is 1. The minimum absolute atomic E-state index is 0.174. The smallest absolute Gasteiger partial charge is 0.213 e. The molecule has 0 aliphatic rings. The first kappa shape index (κ1) is 17.5. The number of Topliss-reactive ketones (excluding diaryl/α,β-unsaturated/α-hetero) is 1. The summed E-state index contributed by atoms with van der Waals surface area (Å²) >= 11 is 5.27. The van der Waals surface area contributed by atoms with Gasteiger partial charge in [-0.3, -0.25) is 10.2 Å². The molecule has 3 aromatic carbocycles. The van der Waals surface area contributed by atoms with Crippen molar-refractivity contribution in [3.63, 3.8) is 0 Å². The predicted octanol–water partition coefficient (Wildman–Crippen LogP) is 4.26. The van der Waals surface area contributed by atoms with Crippen molar-refractivity contribution in [2.75, 3.05) is 5.32 Å². The summed E-state index contributed by atoms with van der Waals surface area (Å²) in [6.45, 7) is 0. The first-order chi connectivity index (χ1) is 12.7. The number of ketones is 1. The van der Waals surface area contributed by atoms with Crippen LogP contribution in [0.4, 0.5) is 5.69 Å². The van der Waals surface area contributed by atoms with E-state index in [1.54, 1.807) is 12.1 Å². The summed E-state index contributed by atoms with van der Waals surface area (Å²) < 4.78 is 0. The van der Waals surface area contributed by atoms with E-state index in [-0.39, 0.29) is 5.78 Å². The molecule has 0 aliphatic carbocycles. The standard InChI is InChI=1S/C21H17N3OS/c25-20(17-12-6-2-7-13-17)19(16-10-4-1-5-11-16)23-24-21(26)22-18-14-8-3-9-15-18/h1-15H,(H2,22,24,26)/b23-19-. The molecule has 0 amide bonds. The van der Waals surface area contributed by atoms with Crippen molar-refractivity contribution in [1.82, 2.24) is 5.43 Å². The zero-order valence-electron chi connectivity index (χ0n) is 13.9. The van der Waals surface area contributed by atoms with Crippen LogP contribution in [0.15, 0.2) is 96.1 Å². The Morgan fingerprint density at radius 2 is 1.23 bits per heavy atom. The first-order valence-corrected chi connectivity index (χ1v) is 8.50. The molecule has 0 aliphatic heterocycles. The van der Waals surface area contributed by atoms with Crippen LogP contribution in [0.25, 0.3) is 0 Å². The van der Waals surface area contributed by atoms with E-state index in [0.29, 0.717) is 16.4 Å². The van der Waals surface area contributed by atoms with Gasteiger partial charge in [0.2, 0.25) is 5.78 Å². The van der Waals surface area contributed by atoms with Crippen molar-refractivity contribution in [1.29, 1.82) is 0 Å². The largest absolute Gasteiger partial charge is 0.331 e. The molecule has 2 N–H and O–H groups in total. The molecule has 0 saturated carbocycles. The van der Waals surface area contributed by atoms with Crippen LogP contribution in [0.1, 0.15) is 15.9 Å². The lowest BCUT2D eigenvalue weighted by Gasteiger charge is -2.10. The van der Waals surface area contributed by atoms with Gasteiger partial charge in [0.15, 0.2) is 5.11 Å². The van der Waals surface area contributed by atoms with E-state index in [1.165, 1.54) is 0 Å². The van der Waals surface area contributed by atoms with Gasteiger partial charge in [0.05, 0.1) is 0 Å². The number of thiocarbonyl (C=S) groups is 1. The molecule has 0 radical (unpaired) electrons. The van der Waals surface area contributed by atoms with Gasteiger partial charge >= 0.3 is 0 Å². The zero-order chi connectivity index (χ0) is 18.2. The van der Waals surface area contributed by atoms with Gasteiger partial charge in [0.1, 0.15) is 5.71 Å². The highest BCUT2D eigenvalue weighted by Gasteiger charge is 2.16. The Bertz CT molecular complexity index is 910. The van der Waals surface area contributed by atoms with Crippen molar-refractivity contribution in [2.24, 2.45) is 5.10 Å². The fourth-order valence-electron chi connectivity index (χ4n) is 2.36. The molecule has 0 unspecified atom stereocenters. The molecule has 5 heteroatoms. The molecular weight excluding hydrogens is 342 g/mol. The molecular formula is C21H17N3OS. The van der Waals surface area contributed by atoms with Crippen molar-refractivity contribution in [3.05, 3.63) is 102 Å². The van der Waals surface area contributed by atoms with Crippen molar-refractivity contribution in [3.8, 4) is 0 Å². The second-order valence-corrected chi connectivity index (χ2v) is 5.86. The molecule has 0 fully saturated rings. The Hall–Kier alpha value is -3.31. The van der Waals surface area contributed by atoms with E-state index in [1.807, 2.05) is 78.9 Å². The second-order valence-electron chi connectivity index (χ2n) is 5.45. The highest BCUT2D eigenvalue weighted by atomic mass is 32.1. The average molecular weight is 359 g/mol. The number of anilines is 1. The molecule has 0 saturated heterocycles. The van der Waals surface area contributed by atoms with E-state index in [9.17, 15) is 4.79 Å². The minimum Gasteiger partial charge on any atom is -0.331 e. The number of hydrogen-bond donors (Lipinski definition) is 2. The van der Waals surface area contributed by atoms with Crippen LogP contribution >= 0.6 is 12.2 Å². The van der Waals surface area contributed by atoms with Crippen molar-refractivity contribution < 1.29 is 4.79 Å². The average Bonchev–Trinajstić information content (AvgIpc) is 2.70. The van der Waals surface area contributed by atoms with Gasteiger partial charge < -0.3 is 5.32 Å². The van der Waals surface area contributed by atoms with E-state index in [2.05, 4.69) is 15.8 Å². The molecule has 3 rings (SSSR count). The summed E-state index contributed by atoms with van der Waals surface area (Å²) in [5.41, 5.74) is 5.20. The van der Waals surface area contributed by atoms with Gasteiger partial charge in [0.25, 0.3) is 0 Å². The summed E-state index contributed by atoms with van der Waals surface area (Å²) in [7, 11) is 0. The van der Waals surface area contributed by atoms with Gasteiger partial charge in [-0.25, -0.2) is 0 Å². The van der Waals surface area contributed by atoms with Gasteiger partial charge in [-0.15, -0.1) is 0 Å². The van der Waals surface area contributed by atoms with Gasteiger partial charge in [-0.2, -0.15) is 5.10 Å². The summed E-state index contributed by atoms with van der Waals surface area (Å²) in [6.07, 6.45) is 0. The van der Waals surface area contributed by atoms with Gasteiger partial charge in [0, 0.05) is 16.8 Å². The quantitative estimate of drug-likeness (QED) is 0.309. The van der Waals surface area contributed by atoms with E-state index in [0.717, 1.165) is 11.3 Å². The molecule has 26 heavy (non-hydrogen) atoms. The van der Waals surface area contributed by atoms with Gasteiger partial charge in [-0.1, -0.05) is 78.9 Å². The first-order valence-electron chi connectivity index (χ1n) is 8.09. The van der Waals surface area contributed by atoms with Crippen LogP contribution < -0.4 is 10.7 Å². The summed E-state index contributed by atoms with van der Waals surface area (Å²) in [5.74, 6) is -0.174. The number of nitrogens with one attached hydrogen (secondary N) is 2. The number of para-hydroxylation sites is 1. The van der Waals surface area contributed by atoms with Crippen LogP contribution in [0.3, 0.4) is 0 Å². The van der Waals surface area contributed by atoms with Crippen molar-refractivity contribution in [2.45, 2.75) is 0 Å². The monoisotopic (exact) mass is 359 g/mol. The number of benzene rings is 3. The molecule has 0 bridgehead atoms. The van der Waals surface area contributed by atoms with Crippen LogP contribution in [0, 0.1) is 0 Å². The fraction of sp³-hybridized carbons (Fsp3) is 0. The number of hydrogen-bond acceptors (Lipinski definition) is 3. The molecule has 0 heterocycles. The maximum atomic E-state index is 12.9. The maximum absolute atomic E-state index is 12.9. The Balaban J connectivity index is 1.82. The number of carbonyl (C=O) groups is 1. The Kier molecular flexibility index (Phi) is 5.85. The molecule has 0 spiro atoms. The maximum Gasteiger partial charge on any atom is 0.213 e. The Morgan fingerprint density at radius 3 is 1.81 bits per heavy atom. The number of hydrazone groups is 1. The van der Waals surface area contributed by atoms with Gasteiger partial charge in [-0.05, 0) is 24.4 Å². The normalized spacial score (nSPS) is 10.8. The SMILES string of the molecule is O=C(/C(=N\NC(=S)Nc1ccccc1)c1ccccc1)c1ccccc1. The number of rotatable bonds is 5. The van der Waals surface area contributed by atoms with E-state index < -0.39 is 0 Å². The second kappa shape index (κ2) is 8.69. The third kappa shape index (κ3) is 4.62. The lowest BCUT2D eigenvalue weighted by atomic mass is 10.0. The van der Waals surface area contributed by atoms with Crippen LogP contribution in [-0.2, 0) is 0 Å². The van der Waals surface area contributed by atoms with Crippen LogP contribution in [0.2, 0.25) is 0 Å². The third-order valence-corrected chi connectivity index (χ3v) is 3.79. The molecule has 0 aromatic heterocycles. The minimum atomic E-state index is -0.174. The van der Waals surface area contributed by atoms with Crippen LogP contribution in [-0.4, -0.2) is 16.6 Å². The molecule has 3 aromatic rings. The lowest BCUT2D eigenvalue weighted by Crippen LogP contribution is -2.27. The lowest BCUT2D eigenvalue weighted by molar-refractivity contribution is 0.106. The van der Waals surface area contributed by atoms with Crippen LogP contribution in [0.5, 0.6) is 0 Å². The zero-order valence-corrected chi connectivity index (χ0v) is 14.7.